The SMILES string of the molecule is NC(Cc1cc(Cl)ncc1Cl)C(F)F. The van der Waals surface area contributed by atoms with Gasteiger partial charge < -0.3 is 5.73 Å². The van der Waals surface area contributed by atoms with Crippen LogP contribution in [0.2, 0.25) is 10.2 Å². The van der Waals surface area contributed by atoms with Gasteiger partial charge in [0.05, 0.1) is 11.1 Å². The first-order valence-electron chi connectivity index (χ1n) is 3.84. The third-order valence-corrected chi connectivity index (χ3v) is 2.23. The Balaban J connectivity index is 2.80. The number of hydrogen-bond donors (Lipinski definition) is 1. The van der Waals surface area contributed by atoms with E-state index >= 15 is 0 Å². The number of pyridine rings is 1. The van der Waals surface area contributed by atoms with Crippen LogP contribution in [0.15, 0.2) is 12.3 Å². The lowest BCUT2D eigenvalue weighted by molar-refractivity contribution is 0.116. The summed E-state index contributed by atoms with van der Waals surface area (Å²) in [6.45, 7) is 0. The highest BCUT2D eigenvalue weighted by Gasteiger charge is 2.17. The number of nitrogens with zero attached hydrogens (tertiary/aromatic N) is 1. The van der Waals surface area contributed by atoms with Gasteiger partial charge in [-0.1, -0.05) is 23.2 Å². The quantitative estimate of drug-likeness (QED) is 0.825. The summed E-state index contributed by atoms with van der Waals surface area (Å²) in [6.07, 6.45) is -1.27. The molecule has 1 rings (SSSR count). The van der Waals surface area contributed by atoms with Crippen LogP contribution in [0.25, 0.3) is 0 Å². The van der Waals surface area contributed by atoms with Crippen molar-refractivity contribution in [3.63, 3.8) is 0 Å². The Morgan fingerprint density at radius 2 is 2.07 bits per heavy atom. The molecule has 1 aromatic rings. The van der Waals surface area contributed by atoms with Crippen molar-refractivity contribution in [2.45, 2.75) is 18.9 Å². The minimum atomic E-state index is -2.57. The Labute approximate surface area is 90.0 Å². The van der Waals surface area contributed by atoms with Gasteiger partial charge in [-0.05, 0) is 18.1 Å². The van der Waals surface area contributed by atoms with Crippen LogP contribution in [-0.4, -0.2) is 17.5 Å². The fourth-order valence-corrected chi connectivity index (χ4v) is 1.31. The van der Waals surface area contributed by atoms with Gasteiger partial charge in [0.2, 0.25) is 0 Å². The van der Waals surface area contributed by atoms with Crippen molar-refractivity contribution in [3.05, 3.63) is 28.0 Å². The van der Waals surface area contributed by atoms with Crippen LogP contribution in [-0.2, 0) is 6.42 Å². The molecule has 0 aliphatic rings. The zero-order chi connectivity index (χ0) is 10.7. The second-order valence-corrected chi connectivity index (χ2v) is 3.60. The number of hydrogen-bond acceptors (Lipinski definition) is 2. The molecule has 1 aromatic heterocycles. The molecule has 0 aromatic carbocycles. The topological polar surface area (TPSA) is 38.9 Å². The number of alkyl halides is 2. The van der Waals surface area contributed by atoms with Crippen molar-refractivity contribution < 1.29 is 8.78 Å². The predicted octanol–water partition coefficient (Wildman–Crippen LogP) is 2.52. The van der Waals surface area contributed by atoms with Gasteiger partial charge in [-0.15, -0.1) is 0 Å². The minimum Gasteiger partial charge on any atom is -0.323 e. The molecular formula is C8H8Cl2F2N2. The lowest BCUT2D eigenvalue weighted by atomic mass is 10.1. The molecule has 0 aliphatic carbocycles. The van der Waals surface area contributed by atoms with E-state index in [2.05, 4.69) is 4.98 Å². The number of aromatic nitrogens is 1. The van der Waals surface area contributed by atoms with E-state index in [4.69, 9.17) is 28.9 Å². The van der Waals surface area contributed by atoms with Gasteiger partial charge in [0.15, 0.2) is 0 Å². The molecule has 14 heavy (non-hydrogen) atoms. The summed E-state index contributed by atoms with van der Waals surface area (Å²) in [5.41, 5.74) is 5.68. The second-order valence-electron chi connectivity index (χ2n) is 2.80. The van der Waals surface area contributed by atoms with Gasteiger partial charge in [0.25, 0.3) is 6.43 Å². The van der Waals surface area contributed by atoms with E-state index in [1.54, 1.807) is 0 Å². The lowest BCUT2D eigenvalue weighted by Gasteiger charge is -2.11. The van der Waals surface area contributed by atoms with Crippen LogP contribution < -0.4 is 5.73 Å². The first-order valence-corrected chi connectivity index (χ1v) is 4.60. The summed E-state index contributed by atoms with van der Waals surface area (Å²) in [7, 11) is 0. The maximum atomic E-state index is 12.1. The van der Waals surface area contributed by atoms with E-state index in [9.17, 15) is 8.78 Å². The van der Waals surface area contributed by atoms with Gasteiger partial charge in [0, 0.05) is 6.20 Å². The highest BCUT2D eigenvalue weighted by molar-refractivity contribution is 6.32. The molecule has 1 heterocycles. The fraction of sp³-hybridized carbons (Fsp3) is 0.375. The highest BCUT2D eigenvalue weighted by Crippen LogP contribution is 2.20. The molecule has 0 spiro atoms. The van der Waals surface area contributed by atoms with Gasteiger partial charge in [0.1, 0.15) is 5.15 Å². The molecule has 2 nitrogen and oxygen atoms in total. The van der Waals surface area contributed by atoms with Crippen LogP contribution in [0.1, 0.15) is 5.56 Å². The summed E-state index contributed by atoms with van der Waals surface area (Å²) in [4.78, 5) is 3.70. The summed E-state index contributed by atoms with van der Waals surface area (Å²) in [6, 6.07) is 0.206. The second kappa shape index (κ2) is 4.87. The molecular weight excluding hydrogens is 233 g/mol. The summed E-state index contributed by atoms with van der Waals surface area (Å²) < 4.78 is 24.3. The molecule has 0 saturated heterocycles. The summed E-state index contributed by atoms with van der Waals surface area (Å²) in [5, 5.41) is 0.511. The van der Waals surface area contributed by atoms with Crippen molar-refractivity contribution >= 4 is 23.2 Å². The Morgan fingerprint density at radius 3 is 2.64 bits per heavy atom. The Morgan fingerprint density at radius 1 is 1.43 bits per heavy atom. The van der Waals surface area contributed by atoms with E-state index in [-0.39, 0.29) is 11.6 Å². The van der Waals surface area contributed by atoms with Crippen LogP contribution in [0.3, 0.4) is 0 Å². The van der Waals surface area contributed by atoms with E-state index in [1.807, 2.05) is 0 Å². The molecule has 2 N–H and O–H groups in total. The molecule has 0 saturated carbocycles. The molecule has 0 aliphatic heterocycles. The van der Waals surface area contributed by atoms with Gasteiger partial charge >= 0.3 is 0 Å². The summed E-state index contributed by atoms with van der Waals surface area (Å²) >= 11 is 11.3. The number of halogens is 4. The van der Waals surface area contributed by atoms with Gasteiger partial charge in [-0.25, -0.2) is 13.8 Å². The third kappa shape index (κ3) is 3.04. The van der Waals surface area contributed by atoms with Gasteiger partial charge in [-0.2, -0.15) is 0 Å². The van der Waals surface area contributed by atoms with Gasteiger partial charge in [-0.3, -0.25) is 0 Å². The van der Waals surface area contributed by atoms with E-state index < -0.39 is 12.5 Å². The Hall–Kier alpha value is -0.450. The zero-order valence-electron chi connectivity index (χ0n) is 7.05. The zero-order valence-corrected chi connectivity index (χ0v) is 8.56. The monoisotopic (exact) mass is 240 g/mol. The normalized spacial score (nSPS) is 13.3. The first-order chi connectivity index (χ1) is 6.50. The molecule has 78 valence electrons. The molecule has 0 fully saturated rings. The maximum absolute atomic E-state index is 12.1. The standard InChI is InChI=1S/C8H8Cl2F2N2/c9-5-3-14-7(10)2-4(5)1-6(13)8(11)12/h2-3,6,8H,1,13H2. The maximum Gasteiger partial charge on any atom is 0.253 e. The van der Waals surface area contributed by atoms with Crippen LogP contribution in [0, 0.1) is 0 Å². The molecule has 1 atom stereocenters. The molecule has 0 radical (unpaired) electrons. The average molecular weight is 241 g/mol. The van der Waals surface area contributed by atoms with Crippen molar-refractivity contribution in [2.24, 2.45) is 5.73 Å². The van der Waals surface area contributed by atoms with E-state index in [0.717, 1.165) is 0 Å². The Kier molecular flexibility index (Phi) is 4.04. The number of nitrogens with two attached hydrogens (primary N) is 1. The van der Waals surface area contributed by atoms with Crippen LogP contribution in [0.4, 0.5) is 8.78 Å². The molecule has 0 amide bonds. The first kappa shape index (κ1) is 11.6. The lowest BCUT2D eigenvalue weighted by Crippen LogP contribution is -2.31. The smallest absolute Gasteiger partial charge is 0.253 e. The molecule has 6 heteroatoms. The summed E-state index contributed by atoms with van der Waals surface area (Å²) in [5.74, 6) is 0. The van der Waals surface area contributed by atoms with Crippen LogP contribution in [0.5, 0.6) is 0 Å². The highest BCUT2D eigenvalue weighted by atomic mass is 35.5. The van der Waals surface area contributed by atoms with Crippen molar-refractivity contribution in [3.8, 4) is 0 Å². The largest absolute Gasteiger partial charge is 0.323 e. The third-order valence-electron chi connectivity index (χ3n) is 1.68. The Bertz CT molecular complexity index is 320. The minimum absolute atomic E-state index is 0.0151. The average Bonchev–Trinajstić information content (AvgIpc) is 2.11. The van der Waals surface area contributed by atoms with Crippen molar-refractivity contribution in [1.82, 2.24) is 4.98 Å². The van der Waals surface area contributed by atoms with Crippen molar-refractivity contribution in [1.29, 1.82) is 0 Å². The molecule has 0 bridgehead atoms. The van der Waals surface area contributed by atoms with Crippen molar-refractivity contribution in [2.75, 3.05) is 0 Å². The fourth-order valence-electron chi connectivity index (χ4n) is 0.951. The van der Waals surface area contributed by atoms with E-state index in [0.29, 0.717) is 10.6 Å². The predicted molar refractivity (Wildman–Crippen MR) is 51.9 cm³/mol. The number of rotatable bonds is 3. The van der Waals surface area contributed by atoms with E-state index in [1.165, 1.54) is 12.3 Å². The molecule has 1 unspecified atom stereocenters. The van der Waals surface area contributed by atoms with Crippen LogP contribution >= 0.6 is 23.2 Å².